The Kier molecular flexibility index (Phi) is 4.99. The van der Waals surface area contributed by atoms with Gasteiger partial charge in [-0.2, -0.15) is 18.3 Å². The van der Waals surface area contributed by atoms with Crippen molar-refractivity contribution in [2.45, 2.75) is 25.4 Å². The number of amides is 1. The molecule has 3 N–H and O–H groups in total. The highest BCUT2D eigenvalue weighted by Crippen LogP contribution is 2.47. The number of aryl methyl sites for hydroxylation is 2. The summed E-state index contributed by atoms with van der Waals surface area (Å²) in [6, 6.07) is 4.24. The fourth-order valence-corrected chi connectivity index (χ4v) is 4.05. The van der Waals surface area contributed by atoms with Gasteiger partial charge in [-0.15, -0.1) is 0 Å². The minimum absolute atomic E-state index is 0.117. The van der Waals surface area contributed by atoms with Gasteiger partial charge in [-0.05, 0) is 48.4 Å². The third-order valence-electron chi connectivity index (χ3n) is 5.96. The van der Waals surface area contributed by atoms with Crippen molar-refractivity contribution < 1.29 is 18.0 Å². The number of nitrogens with zero attached hydrogens (tertiary/aromatic N) is 5. The molecular formula is C23H20F3N7O. The second kappa shape index (κ2) is 7.79. The first kappa shape index (κ1) is 21.8. The summed E-state index contributed by atoms with van der Waals surface area (Å²) in [4.78, 5) is 25.0. The number of nitrogens with two attached hydrogens (primary N) is 1. The molecule has 0 spiro atoms. The van der Waals surface area contributed by atoms with E-state index < -0.39 is 11.7 Å². The maximum atomic E-state index is 13.3. The van der Waals surface area contributed by atoms with E-state index >= 15 is 0 Å². The van der Waals surface area contributed by atoms with Crippen LogP contribution in [-0.4, -0.2) is 30.6 Å². The average molecular weight is 467 g/mol. The number of carbonyl (C=O) groups excluding carboxylic acids is 1. The highest BCUT2D eigenvalue weighted by molar-refractivity contribution is 5.98. The maximum absolute atomic E-state index is 13.3. The van der Waals surface area contributed by atoms with Gasteiger partial charge in [-0.1, -0.05) is 0 Å². The molecule has 4 aromatic rings. The fourth-order valence-electron chi connectivity index (χ4n) is 4.05. The van der Waals surface area contributed by atoms with Crippen LogP contribution in [0, 0.1) is 12.8 Å². The zero-order valence-electron chi connectivity index (χ0n) is 18.3. The Labute approximate surface area is 192 Å². The minimum atomic E-state index is -4.53. The monoisotopic (exact) mass is 467 g/mol. The van der Waals surface area contributed by atoms with E-state index in [1.807, 2.05) is 13.2 Å². The predicted octanol–water partition coefficient (Wildman–Crippen LogP) is 4.08. The van der Waals surface area contributed by atoms with Crippen LogP contribution in [0.1, 0.15) is 29.2 Å². The molecule has 0 aliphatic heterocycles. The molecule has 4 heterocycles. The first-order valence-corrected chi connectivity index (χ1v) is 10.5. The number of hydrogen-bond acceptors (Lipinski definition) is 6. The van der Waals surface area contributed by atoms with Crippen LogP contribution in [0.3, 0.4) is 0 Å². The van der Waals surface area contributed by atoms with E-state index in [0.717, 1.165) is 18.1 Å². The number of nitrogens with one attached hydrogen (secondary N) is 1. The molecule has 1 aliphatic rings. The highest BCUT2D eigenvalue weighted by Gasteiger charge is 2.44. The molecule has 1 aliphatic carbocycles. The minimum Gasteiger partial charge on any atom is -0.383 e. The lowest BCUT2D eigenvalue weighted by atomic mass is 10.1. The van der Waals surface area contributed by atoms with Crippen molar-refractivity contribution in [3.8, 4) is 11.3 Å². The highest BCUT2D eigenvalue weighted by atomic mass is 19.4. The Morgan fingerprint density at radius 1 is 1.18 bits per heavy atom. The average Bonchev–Trinajstić information content (AvgIpc) is 3.46. The van der Waals surface area contributed by atoms with Gasteiger partial charge in [0.25, 0.3) is 0 Å². The van der Waals surface area contributed by atoms with Crippen molar-refractivity contribution in [3.63, 3.8) is 0 Å². The number of carbonyl (C=O) groups is 1. The number of pyridine rings is 3. The second-order valence-corrected chi connectivity index (χ2v) is 8.42. The molecule has 0 saturated heterocycles. The van der Waals surface area contributed by atoms with Crippen LogP contribution in [0.2, 0.25) is 0 Å². The molecule has 0 radical (unpaired) electrons. The smallest absolute Gasteiger partial charge is 0.383 e. The Bertz CT molecular complexity index is 1430. The number of aromatic nitrogens is 5. The van der Waals surface area contributed by atoms with E-state index in [1.165, 1.54) is 19.3 Å². The Morgan fingerprint density at radius 2 is 1.97 bits per heavy atom. The molecule has 1 fully saturated rings. The molecule has 2 atom stereocenters. The number of halogens is 3. The zero-order valence-corrected chi connectivity index (χ0v) is 18.3. The predicted molar refractivity (Wildman–Crippen MR) is 120 cm³/mol. The van der Waals surface area contributed by atoms with Crippen LogP contribution in [0.4, 0.5) is 24.8 Å². The van der Waals surface area contributed by atoms with Crippen molar-refractivity contribution in [1.29, 1.82) is 0 Å². The molecule has 34 heavy (non-hydrogen) atoms. The van der Waals surface area contributed by atoms with E-state index in [4.69, 9.17) is 5.73 Å². The Balaban J connectivity index is 1.42. The number of alkyl halides is 3. The number of fused-ring (bicyclic) bond motifs is 1. The standard InChI is InChI=1S/C23H20F3N7O/c1-11-18(23(24,25)26)3-13(7-28-11)19-4-12-5-20(29-9-17(12)21(27)31-19)32-22(34)16-6-15(16)14-8-30-33(2)10-14/h3-5,7-10,15-16H,6H2,1-2H3,(H2,27,31)(H,29,32,34)/t15-,16+/m1/s1. The molecule has 0 bridgehead atoms. The van der Waals surface area contributed by atoms with Gasteiger partial charge in [0.2, 0.25) is 5.91 Å². The number of anilines is 2. The lowest BCUT2D eigenvalue weighted by molar-refractivity contribution is -0.138. The fraction of sp³-hybridized carbons (Fsp3) is 0.261. The number of hydrogen-bond donors (Lipinski definition) is 2. The van der Waals surface area contributed by atoms with E-state index in [-0.39, 0.29) is 40.5 Å². The van der Waals surface area contributed by atoms with E-state index in [0.29, 0.717) is 16.6 Å². The van der Waals surface area contributed by atoms with Gasteiger partial charge in [0.1, 0.15) is 11.6 Å². The van der Waals surface area contributed by atoms with Crippen LogP contribution in [0.15, 0.2) is 43.0 Å². The lowest BCUT2D eigenvalue weighted by Gasteiger charge is -2.12. The lowest BCUT2D eigenvalue weighted by Crippen LogP contribution is -2.15. The van der Waals surface area contributed by atoms with Gasteiger partial charge < -0.3 is 11.1 Å². The van der Waals surface area contributed by atoms with E-state index in [1.54, 1.807) is 23.0 Å². The summed E-state index contributed by atoms with van der Waals surface area (Å²) >= 11 is 0. The van der Waals surface area contributed by atoms with Crippen molar-refractivity contribution >= 4 is 28.3 Å². The third kappa shape index (κ3) is 4.04. The Morgan fingerprint density at radius 3 is 2.68 bits per heavy atom. The zero-order chi connectivity index (χ0) is 24.2. The van der Waals surface area contributed by atoms with Gasteiger partial charge >= 0.3 is 6.18 Å². The largest absolute Gasteiger partial charge is 0.418 e. The maximum Gasteiger partial charge on any atom is 0.418 e. The van der Waals surface area contributed by atoms with E-state index in [9.17, 15) is 18.0 Å². The molecule has 0 unspecified atom stereocenters. The van der Waals surface area contributed by atoms with Crippen LogP contribution in [0.25, 0.3) is 22.0 Å². The summed E-state index contributed by atoms with van der Waals surface area (Å²) < 4.78 is 41.7. The number of nitrogen functional groups attached to an aromatic ring is 1. The molecule has 1 amide bonds. The van der Waals surface area contributed by atoms with Gasteiger partial charge in [0, 0.05) is 48.2 Å². The summed E-state index contributed by atoms with van der Waals surface area (Å²) in [5.41, 5.74) is 6.54. The van der Waals surface area contributed by atoms with Crippen LogP contribution in [-0.2, 0) is 18.0 Å². The van der Waals surface area contributed by atoms with Crippen molar-refractivity contribution in [1.82, 2.24) is 24.7 Å². The first-order valence-electron chi connectivity index (χ1n) is 10.5. The molecular weight excluding hydrogens is 447 g/mol. The normalized spacial score (nSPS) is 17.7. The Hall–Kier alpha value is -4.02. The van der Waals surface area contributed by atoms with E-state index in [2.05, 4.69) is 25.4 Å². The summed E-state index contributed by atoms with van der Waals surface area (Å²) in [5, 5.41) is 8.07. The van der Waals surface area contributed by atoms with Gasteiger partial charge in [-0.25, -0.2) is 9.97 Å². The van der Waals surface area contributed by atoms with Crippen molar-refractivity contribution in [3.05, 3.63) is 59.8 Å². The van der Waals surface area contributed by atoms with Gasteiger partial charge in [-0.3, -0.25) is 14.5 Å². The van der Waals surface area contributed by atoms with Crippen molar-refractivity contribution in [2.75, 3.05) is 11.1 Å². The molecule has 8 nitrogen and oxygen atoms in total. The number of rotatable bonds is 4. The van der Waals surface area contributed by atoms with Crippen LogP contribution < -0.4 is 11.1 Å². The quantitative estimate of drug-likeness (QED) is 0.468. The summed E-state index contributed by atoms with van der Waals surface area (Å²) in [7, 11) is 1.82. The molecule has 0 aromatic carbocycles. The molecule has 11 heteroatoms. The molecule has 1 saturated carbocycles. The summed E-state index contributed by atoms with van der Waals surface area (Å²) in [6.07, 6.45) is 2.66. The van der Waals surface area contributed by atoms with Crippen LogP contribution >= 0.6 is 0 Å². The van der Waals surface area contributed by atoms with Crippen molar-refractivity contribution in [2.24, 2.45) is 13.0 Å². The van der Waals surface area contributed by atoms with Gasteiger partial charge in [0.15, 0.2) is 0 Å². The molecule has 174 valence electrons. The molecule has 5 rings (SSSR count). The third-order valence-corrected chi connectivity index (χ3v) is 5.96. The topological polar surface area (TPSA) is 112 Å². The van der Waals surface area contributed by atoms with Crippen LogP contribution in [0.5, 0.6) is 0 Å². The summed E-state index contributed by atoms with van der Waals surface area (Å²) in [5.74, 6) is 0.243. The molecule has 4 aromatic heterocycles. The van der Waals surface area contributed by atoms with Gasteiger partial charge in [0.05, 0.1) is 17.5 Å². The first-order chi connectivity index (χ1) is 16.1. The SMILES string of the molecule is Cc1ncc(-c2cc3cc(NC(=O)[C@H]4C[C@@H]4c4cnn(C)c4)ncc3c(N)n2)cc1C(F)(F)F. The summed E-state index contributed by atoms with van der Waals surface area (Å²) in [6.45, 7) is 1.30. The second-order valence-electron chi connectivity index (χ2n) is 8.42.